The van der Waals surface area contributed by atoms with Crippen molar-refractivity contribution in [3.05, 3.63) is 23.8 Å². The average Bonchev–Trinajstić information content (AvgIpc) is 2.52. The van der Waals surface area contributed by atoms with E-state index in [4.69, 9.17) is 14.6 Å². The minimum atomic E-state index is -0.947. The number of ether oxygens (including phenoxy) is 2. The number of methoxy groups -OCH3 is 1. The zero-order valence-corrected chi connectivity index (χ0v) is 13.2. The zero-order chi connectivity index (χ0) is 16.5. The molecule has 0 spiro atoms. The maximum atomic E-state index is 12.0. The Morgan fingerprint density at radius 3 is 2.64 bits per heavy atom. The second-order valence-corrected chi connectivity index (χ2v) is 5.02. The SMILES string of the molecule is CCCCOc1ccc(C(=O)NCC(C)C(=O)O)cc1OC. The molecule has 0 bridgehead atoms. The Morgan fingerprint density at radius 1 is 1.32 bits per heavy atom. The molecule has 22 heavy (non-hydrogen) atoms. The van der Waals surface area contributed by atoms with Crippen LogP contribution in [0.5, 0.6) is 11.5 Å². The molecule has 6 nitrogen and oxygen atoms in total. The number of unbranched alkanes of at least 4 members (excludes halogenated alkanes) is 1. The minimum Gasteiger partial charge on any atom is -0.493 e. The quantitative estimate of drug-likeness (QED) is 0.684. The summed E-state index contributed by atoms with van der Waals surface area (Å²) in [5, 5.41) is 11.4. The van der Waals surface area contributed by atoms with Gasteiger partial charge in [0, 0.05) is 12.1 Å². The Morgan fingerprint density at radius 2 is 2.05 bits per heavy atom. The topological polar surface area (TPSA) is 84.9 Å². The molecule has 0 aliphatic heterocycles. The first kappa shape index (κ1) is 17.8. The van der Waals surface area contributed by atoms with Crippen LogP contribution in [0, 0.1) is 5.92 Å². The van der Waals surface area contributed by atoms with Crippen molar-refractivity contribution in [1.82, 2.24) is 5.32 Å². The van der Waals surface area contributed by atoms with Crippen molar-refractivity contribution in [2.45, 2.75) is 26.7 Å². The fourth-order valence-corrected chi connectivity index (χ4v) is 1.69. The highest BCUT2D eigenvalue weighted by molar-refractivity contribution is 5.95. The minimum absolute atomic E-state index is 0.0746. The highest BCUT2D eigenvalue weighted by Gasteiger charge is 2.15. The van der Waals surface area contributed by atoms with Crippen LogP contribution in [-0.2, 0) is 4.79 Å². The van der Waals surface area contributed by atoms with Gasteiger partial charge in [0.05, 0.1) is 19.6 Å². The Labute approximate surface area is 130 Å². The van der Waals surface area contributed by atoms with Gasteiger partial charge in [0.1, 0.15) is 0 Å². The van der Waals surface area contributed by atoms with Crippen molar-refractivity contribution in [3.8, 4) is 11.5 Å². The predicted molar refractivity (Wildman–Crippen MR) is 82.5 cm³/mol. The van der Waals surface area contributed by atoms with E-state index in [-0.39, 0.29) is 12.5 Å². The van der Waals surface area contributed by atoms with Crippen molar-refractivity contribution in [2.75, 3.05) is 20.3 Å². The molecule has 1 atom stereocenters. The molecule has 2 N–H and O–H groups in total. The number of carboxylic acids is 1. The van der Waals surface area contributed by atoms with E-state index in [0.29, 0.717) is 23.7 Å². The molecule has 0 aliphatic rings. The van der Waals surface area contributed by atoms with E-state index in [9.17, 15) is 9.59 Å². The molecule has 0 saturated heterocycles. The van der Waals surface area contributed by atoms with Gasteiger partial charge >= 0.3 is 5.97 Å². The average molecular weight is 309 g/mol. The number of carbonyl (C=O) groups excluding carboxylic acids is 1. The number of aliphatic carboxylic acids is 1. The number of amides is 1. The van der Waals surface area contributed by atoms with Gasteiger partial charge in [0.15, 0.2) is 11.5 Å². The third-order valence-electron chi connectivity index (χ3n) is 3.17. The normalized spacial score (nSPS) is 11.6. The lowest BCUT2D eigenvalue weighted by molar-refractivity contribution is -0.140. The summed E-state index contributed by atoms with van der Waals surface area (Å²) in [6.45, 7) is 4.28. The Balaban J connectivity index is 2.71. The number of carbonyl (C=O) groups is 2. The van der Waals surface area contributed by atoms with Crippen molar-refractivity contribution < 1.29 is 24.2 Å². The highest BCUT2D eigenvalue weighted by Crippen LogP contribution is 2.28. The van der Waals surface area contributed by atoms with E-state index in [2.05, 4.69) is 12.2 Å². The maximum absolute atomic E-state index is 12.0. The van der Waals surface area contributed by atoms with Gasteiger partial charge in [-0.1, -0.05) is 20.3 Å². The van der Waals surface area contributed by atoms with E-state index in [0.717, 1.165) is 12.8 Å². The summed E-state index contributed by atoms with van der Waals surface area (Å²) in [6.07, 6.45) is 1.98. The summed E-state index contributed by atoms with van der Waals surface area (Å²) >= 11 is 0. The summed E-state index contributed by atoms with van der Waals surface area (Å²) in [6, 6.07) is 4.90. The maximum Gasteiger partial charge on any atom is 0.308 e. The number of benzene rings is 1. The third-order valence-corrected chi connectivity index (χ3v) is 3.17. The number of nitrogens with one attached hydrogen (secondary N) is 1. The molecule has 0 aliphatic carbocycles. The Bertz CT molecular complexity index is 515. The van der Waals surface area contributed by atoms with Crippen LogP contribution in [0.15, 0.2) is 18.2 Å². The summed E-state index contributed by atoms with van der Waals surface area (Å²) in [5.41, 5.74) is 0.400. The van der Waals surface area contributed by atoms with Gasteiger partial charge in [-0.3, -0.25) is 9.59 Å². The third kappa shape index (κ3) is 5.27. The molecule has 0 radical (unpaired) electrons. The first-order valence-corrected chi connectivity index (χ1v) is 7.31. The van der Waals surface area contributed by atoms with E-state index in [1.165, 1.54) is 14.0 Å². The fraction of sp³-hybridized carbons (Fsp3) is 0.500. The molecule has 1 amide bonds. The van der Waals surface area contributed by atoms with Crippen LogP contribution in [0.4, 0.5) is 0 Å². The van der Waals surface area contributed by atoms with Crippen molar-refractivity contribution in [1.29, 1.82) is 0 Å². The van der Waals surface area contributed by atoms with Crippen LogP contribution in [0.2, 0.25) is 0 Å². The number of rotatable bonds is 9. The first-order valence-electron chi connectivity index (χ1n) is 7.31. The number of hydrogen-bond acceptors (Lipinski definition) is 4. The van der Waals surface area contributed by atoms with Crippen molar-refractivity contribution >= 4 is 11.9 Å². The Hall–Kier alpha value is -2.24. The van der Waals surface area contributed by atoms with Gasteiger partial charge in [-0.25, -0.2) is 0 Å². The predicted octanol–water partition coefficient (Wildman–Crippen LogP) is 2.32. The first-order chi connectivity index (χ1) is 10.5. The van der Waals surface area contributed by atoms with Gasteiger partial charge in [0.25, 0.3) is 5.91 Å². The van der Waals surface area contributed by atoms with Gasteiger partial charge in [-0.15, -0.1) is 0 Å². The van der Waals surface area contributed by atoms with Gasteiger partial charge in [-0.05, 0) is 24.6 Å². The van der Waals surface area contributed by atoms with Crippen LogP contribution in [0.25, 0.3) is 0 Å². The molecule has 1 unspecified atom stereocenters. The van der Waals surface area contributed by atoms with Crippen LogP contribution in [-0.4, -0.2) is 37.2 Å². The standard InChI is InChI=1S/C16H23NO5/c1-4-5-8-22-13-7-6-12(9-14(13)21-3)15(18)17-10-11(2)16(19)20/h6-7,9,11H,4-5,8,10H2,1-3H3,(H,17,18)(H,19,20). The fourth-order valence-electron chi connectivity index (χ4n) is 1.69. The van der Waals surface area contributed by atoms with Crippen LogP contribution in [0.1, 0.15) is 37.0 Å². The van der Waals surface area contributed by atoms with Crippen molar-refractivity contribution in [2.24, 2.45) is 5.92 Å². The van der Waals surface area contributed by atoms with Crippen LogP contribution < -0.4 is 14.8 Å². The summed E-state index contributed by atoms with van der Waals surface area (Å²) in [7, 11) is 1.51. The lowest BCUT2D eigenvalue weighted by Gasteiger charge is -2.13. The molecule has 122 valence electrons. The molecule has 1 aromatic carbocycles. The molecule has 0 fully saturated rings. The molecular weight excluding hydrogens is 286 g/mol. The number of hydrogen-bond donors (Lipinski definition) is 2. The molecule has 1 aromatic rings. The molecule has 0 heterocycles. The summed E-state index contributed by atoms with van der Waals surface area (Å²) < 4.78 is 10.8. The lowest BCUT2D eigenvalue weighted by Crippen LogP contribution is -2.31. The molecule has 1 rings (SSSR count). The van der Waals surface area contributed by atoms with Crippen LogP contribution in [0.3, 0.4) is 0 Å². The van der Waals surface area contributed by atoms with Gasteiger partial charge in [-0.2, -0.15) is 0 Å². The van der Waals surface area contributed by atoms with Gasteiger partial charge < -0.3 is 19.9 Å². The van der Waals surface area contributed by atoms with Crippen LogP contribution >= 0.6 is 0 Å². The highest BCUT2D eigenvalue weighted by atomic mass is 16.5. The van der Waals surface area contributed by atoms with E-state index in [1.807, 2.05) is 0 Å². The molecular formula is C16H23NO5. The second kappa shape index (κ2) is 8.92. The Kier molecular flexibility index (Phi) is 7.22. The van der Waals surface area contributed by atoms with Crippen molar-refractivity contribution in [3.63, 3.8) is 0 Å². The summed E-state index contributed by atoms with van der Waals surface area (Å²) in [5.74, 6) is -0.854. The van der Waals surface area contributed by atoms with E-state index < -0.39 is 11.9 Å². The smallest absolute Gasteiger partial charge is 0.308 e. The molecule has 0 saturated carbocycles. The van der Waals surface area contributed by atoms with E-state index in [1.54, 1.807) is 18.2 Å². The molecule has 6 heteroatoms. The van der Waals surface area contributed by atoms with E-state index >= 15 is 0 Å². The monoisotopic (exact) mass is 309 g/mol. The lowest BCUT2D eigenvalue weighted by atomic mass is 10.1. The number of carboxylic acid groups (broad SMARTS) is 1. The largest absolute Gasteiger partial charge is 0.493 e. The summed E-state index contributed by atoms with van der Waals surface area (Å²) in [4.78, 5) is 22.7. The van der Waals surface area contributed by atoms with Gasteiger partial charge in [0.2, 0.25) is 0 Å². The zero-order valence-electron chi connectivity index (χ0n) is 13.2. The second-order valence-electron chi connectivity index (χ2n) is 5.02. The molecule has 0 aromatic heterocycles.